The number of hydrogen-bond donors (Lipinski definition) is 2. The molecule has 1 fully saturated rings. The van der Waals surface area contributed by atoms with Crippen molar-refractivity contribution >= 4 is 17.7 Å². The first-order chi connectivity index (χ1) is 9.57. The molecule has 1 saturated carbocycles. The zero-order chi connectivity index (χ0) is 14.4. The van der Waals surface area contributed by atoms with Crippen LogP contribution in [0.25, 0.3) is 0 Å². The highest BCUT2D eigenvalue weighted by molar-refractivity contribution is 8.00. The van der Waals surface area contributed by atoms with Crippen LogP contribution in [0.15, 0.2) is 35.2 Å². The van der Waals surface area contributed by atoms with Crippen LogP contribution in [0.5, 0.6) is 0 Å². The second-order valence-corrected chi connectivity index (χ2v) is 7.17. The van der Waals surface area contributed by atoms with E-state index in [1.54, 1.807) is 11.8 Å². The number of rotatable bonds is 6. The molecule has 1 atom stereocenters. The van der Waals surface area contributed by atoms with Crippen molar-refractivity contribution in [3.8, 4) is 0 Å². The standard InChI is InChI=1S/C16H23NO2S/c1-13(20-14-7-3-2-4-8-14)12-17-15(18)11-16(19)9-5-6-10-16/h2-4,7-8,13,19H,5-6,9-12H2,1H3,(H,17,18). The van der Waals surface area contributed by atoms with Crippen molar-refractivity contribution in [1.29, 1.82) is 0 Å². The fourth-order valence-corrected chi connectivity index (χ4v) is 3.55. The van der Waals surface area contributed by atoms with Crippen LogP contribution in [0, 0.1) is 0 Å². The zero-order valence-corrected chi connectivity index (χ0v) is 12.8. The smallest absolute Gasteiger partial charge is 0.222 e. The fraction of sp³-hybridized carbons (Fsp3) is 0.562. The largest absolute Gasteiger partial charge is 0.389 e. The van der Waals surface area contributed by atoms with Gasteiger partial charge in [-0.3, -0.25) is 4.79 Å². The number of benzene rings is 1. The Morgan fingerprint density at radius 2 is 2.00 bits per heavy atom. The van der Waals surface area contributed by atoms with Gasteiger partial charge in [-0.25, -0.2) is 0 Å². The van der Waals surface area contributed by atoms with E-state index >= 15 is 0 Å². The highest BCUT2D eigenvalue weighted by Gasteiger charge is 2.33. The van der Waals surface area contributed by atoms with Gasteiger partial charge in [0.2, 0.25) is 5.91 Å². The molecule has 4 heteroatoms. The number of hydrogen-bond acceptors (Lipinski definition) is 3. The summed E-state index contributed by atoms with van der Waals surface area (Å²) in [6.07, 6.45) is 3.83. The third-order valence-corrected chi connectivity index (χ3v) is 4.80. The Morgan fingerprint density at radius 1 is 1.35 bits per heavy atom. The van der Waals surface area contributed by atoms with E-state index in [4.69, 9.17) is 0 Å². The lowest BCUT2D eigenvalue weighted by Gasteiger charge is -2.21. The second-order valence-electron chi connectivity index (χ2n) is 5.65. The molecule has 0 radical (unpaired) electrons. The minimum Gasteiger partial charge on any atom is -0.389 e. The van der Waals surface area contributed by atoms with E-state index in [-0.39, 0.29) is 12.3 Å². The Labute approximate surface area is 125 Å². The van der Waals surface area contributed by atoms with Crippen LogP contribution in [0.2, 0.25) is 0 Å². The zero-order valence-electron chi connectivity index (χ0n) is 12.0. The topological polar surface area (TPSA) is 49.3 Å². The van der Waals surface area contributed by atoms with Crippen molar-refractivity contribution in [3.05, 3.63) is 30.3 Å². The molecule has 0 spiro atoms. The molecule has 0 heterocycles. The van der Waals surface area contributed by atoms with E-state index in [2.05, 4.69) is 24.4 Å². The molecule has 2 rings (SSSR count). The molecule has 0 saturated heterocycles. The maximum Gasteiger partial charge on any atom is 0.222 e. The molecule has 0 aliphatic heterocycles. The molecule has 1 amide bonds. The summed E-state index contributed by atoms with van der Waals surface area (Å²) in [5.41, 5.74) is -0.750. The summed E-state index contributed by atoms with van der Waals surface area (Å²) in [6, 6.07) is 10.2. The molecular weight excluding hydrogens is 270 g/mol. The van der Waals surface area contributed by atoms with Gasteiger partial charge in [-0.05, 0) is 25.0 Å². The Hall–Kier alpha value is -1.00. The number of carbonyl (C=O) groups is 1. The maximum absolute atomic E-state index is 11.9. The van der Waals surface area contributed by atoms with E-state index in [0.717, 1.165) is 25.7 Å². The van der Waals surface area contributed by atoms with Gasteiger partial charge in [-0.15, -0.1) is 11.8 Å². The number of carbonyl (C=O) groups excluding carboxylic acids is 1. The van der Waals surface area contributed by atoms with Gasteiger partial charge >= 0.3 is 0 Å². The van der Waals surface area contributed by atoms with Crippen LogP contribution < -0.4 is 5.32 Å². The number of aliphatic hydroxyl groups is 1. The lowest BCUT2D eigenvalue weighted by atomic mass is 9.98. The van der Waals surface area contributed by atoms with Crippen molar-refractivity contribution in [3.63, 3.8) is 0 Å². The summed E-state index contributed by atoms with van der Waals surface area (Å²) < 4.78 is 0. The molecule has 2 N–H and O–H groups in total. The molecule has 110 valence electrons. The van der Waals surface area contributed by atoms with Crippen LogP contribution in [0.1, 0.15) is 39.0 Å². The molecule has 1 aromatic carbocycles. The predicted molar refractivity (Wildman–Crippen MR) is 82.8 cm³/mol. The van der Waals surface area contributed by atoms with Gasteiger partial charge < -0.3 is 10.4 Å². The first kappa shape index (κ1) is 15.4. The van der Waals surface area contributed by atoms with E-state index in [1.807, 2.05) is 18.2 Å². The molecule has 1 aliphatic rings. The molecule has 3 nitrogen and oxygen atoms in total. The summed E-state index contributed by atoms with van der Waals surface area (Å²) in [5.74, 6) is -0.0325. The van der Waals surface area contributed by atoms with Gasteiger partial charge in [0.25, 0.3) is 0 Å². The Bertz CT molecular complexity index is 429. The molecule has 0 bridgehead atoms. The summed E-state index contributed by atoms with van der Waals surface area (Å²) in [6.45, 7) is 2.73. The van der Waals surface area contributed by atoms with Gasteiger partial charge in [0.05, 0.1) is 12.0 Å². The third kappa shape index (κ3) is 4.84. The number of amides is 1. The van der Waals surface area contributed by atoms with Crippen molar-refractivity contribution in [1.82, 2.24) is 5.32 Å². The maximum atomic E-state index is 11.9. The van der Waals surface area contributed by atoms with Crippen LogP contribution in [0.3, 0.4) is 0 Å². The Balaban J connectivity index is 1.70. The lowest BCUT2D eigenvalue weighted by molar-refractivity contribution is -0.125. The molecule has 1 aliphatic carbocycles. The van der Waals surface area contributed by atoms with Gasteiger partial charge in [0.1, 0.15) is 0 Å². The van der Waals surface area contributed by atoms with Gasteiger partial charge in [-0.1, -0.05) is 38.0 Å². The van der Waals surface area contributed by atoms with Gasteiger partial charge in [0, 0.05) is 16.7 Å². The molecular formula is C16H23NO2S. The van der Waals surface area contributed by atoms with E-state index in [1.165, 1.54) is 4.90 Å². The van der Waals surface area contributed by atoms with Crippen molar-refractivity contribution in [2.45, 2.75) is 54.8 Å². The van der Waals surface area contributed by atoms with E-state index in [9.17, 15) is 9.90 Å². The molecule has 1 aromatic rings. The lowest BCUT2D eigenvalue weighted by Crippen LogP contribution is -2.36. The normalized spacial score (nSPS) is 18.7. The fourth-order valence-electron chi connectivity index (χ4n) is 2.60. The van der Waals surface area contributed by atoms with Crippen molar-refractivity contribution in [2.75, 3.05) is 6.54 Å². The number of thioether (sulfide) groups is 1. The summed E-state index contributed by atoms with van der Waals surface area (Å²) in [5, 5.41) is 13.5. The predicted octanol–water partition coefficient (Wildman–Crippen LogP) is 2.98. The highest BCUT2D eigenvalue weighted by atomic mass is 32.2. The highest BCUT2D eigenvalue weighted by Crippen LogP contribution is 2.32. The molecule has 20 heavy (non-hydrogen) atoms. The third-order valence-electron chi connectivity index (χ3n) is 3.69. The first-order valence-electron chi connectivity index (χ1n) is 7.28. The van der Waals surface area contributed by atoms with E-state index in [0.29, 0.717) is 11.8 Å². The SMILES string of the molecule is CC(CNC(=O)CC1(O)CCCC1)Sc1ccccc1. The molecule has 1 unspecified atom stereocenters. The first-order valence-corrected chi connectivity index (χ1v) is 8.16. The van der Waals surface area contributed by atoms with E-state index < -0.39 is 5.60 Å². The van der Waals surface area contributed by atoms with Crippen molar-refractivity contribution < 1.29 is 9.90 Å². The number of nitrogens with one attached hydrogen (secondary N) is 1. The Kier molecular flexibility index (Phi) is 5.49. The van der Waals surface area contributed by atoms with Gasteiger partial charge in [0.15, 0.2) is 0 Å². The summed E-state index contributed by atoms with van der Waals surface area (Å²) >= 11 is 1.75. The van der Waals surface area contributed by atoms with Crippen LogP contribution >= 0.6 is 11.8 Å². The average Bonchev–Trinajstić information content (AvgIpc) is 2.84. The average molecular weight is 293 g/mol. The summed E-state index contributed by atoms with van der Waals surface area (Å²) in [7, 11) is 0. The van der Waals surface area contributed by atoms with Gasteiger partial charge in [-0.2, -0.15) is 0 Å². The van der Waals surface area contributed by atoms with Crippen LogP contribution in [-0.4, -0.2) is 28.4 Å². The monoisotopic (exact) mass is 293 g/mol. The summed E-state index contributed by atoms with van der Waals surface area (Å²) in [4.78, 5) is 13.1. The van der Waals surface area contributed by atoms with Crippen molar-refractivity contribution in [2.24, 2.45) is 0 Å². The minimum absolute atomic E-state index is 0.0325. The molecule has 0 aromatic heterocycles. The Morgan fingerprint density at radius 3 is 2.65 bits per heavy atom. The quantitative estimate of drug-likeness (QED) is 0.793. The minimum atomic E-state index is -0.750. The van der Waals surface area contributed by atoms with Crippen LogP contribution in [0.4, 0.5) is 0 Å². The second kappa shape index (κ2) is 7.14. The van der Waals surface area contributed by atoms with Crippen LogP contribution in [-0.2, 0) is 4.79 Å².